The maximum Gasteiger partial charge on any atom is 0.271 e. The summed E-state index contributed by atoms with van der Waals surface area (Å²) in [5.41, 5.74) is 3.18. The highest BCUT2D eigenvalue weighted by Crippen LogP contribution is 2.39. The Balaban J connectivity index is 1.87. The number of nitro benzene ring substituents is 1. The van der Waals surface area contributed by atoms with Crippen LogP contribution in [0.15, 0.2) is 41.5 Å². The first-order chi connectivity index (χ1) is 11.9. The molecule has 3 rings (SSSR count). The molecular weight excluding hydrogens is 329 g/mol. The number of amides is 1. The minimum atomic E-state index is -0.631. The number of benzene rings is 2. The number of phenols is 1. The molecule has 0 bridgehead atoms. The lowest BCUT2D eigenvalue weighted by Gasteiger charge is -2.06. The smallest absolute Gasteiger partial charge is 0.271 e. The first kappa shape index (κ1) is 16.6. The van der Waals surface area contributed by atoms with Crippen LogP contribution in [0.1, 0.15) is 40.7 Å². The number of nitro groups is 1. The normalized spacial score (nSPS) is 17.4. The van der Waals surface area contributed by atoms with E-state index in [9.17, 15) is 24.4 Å². The van der Waals surface area contributed by atoms with Crippen molar-refractivity contribution in [3.63, 3.8) is 0 Å². The maximum absolute atomic E-state index is 14.0. The van der Waals surface area contributed by atoms with Gasteiger partial charge in [0.1, 0.15) is 11.6 Å². The van der Waals surface area contributed by atoms with Crippen molar-refractivity contribution in [1.29, 1.82) is 0 Å². The molecule has 7 nitrogen and oxygen atoms in total. The molecule has 25 heavy (non-hydrogen) atoms. The monoisotopic (exact) mass is 343 g/mol. The van der Waals surface area contributed by atoms with E-state index in [1.165, 1.54) is 30.3 Å². The standard InChI is InChI=1S/C17H14FN3O4/c1-9-7-13(16-14(22)6-5-12(18)15(9)16)19-20-17(23)10-3-2-4-11(8-10)21(24)25/h2-6,8-9,22H,7H2,1H3,(H,20,23)/b19-13+/t9-/m1/s1. The molecule has 0 aliphatic heterocycles. The molecule has 1 amide bonds. The molecule has 1 atom stereocenters. The SMILES string of the molecule is C[C@@H]1C/C(=N\NC(=O)c2cccc([N+](=O)[O-])c2)c2c(O)ccc(F)c21. The summed E-state index contributed by atoms with van der Waals surface area (Å²) in [7, 11) is 0. The highest BCUT2D eigenvalue weighted by atomic mass is 19.1. The van der Waals surface area contributed by atoms with Crippen LogP contribution in [0.4, 0.5) is 10.1 Å². The number of nitrogens with one attached hydrogen (secondary N) is 1. The zero-order chi connectivity index (χ0) is 18.1. The molecule has 1 aliphatic carbocycles. The molecule has 0 unspecified atom stereocenters. The summed E-state index contributed by atoms with van der Waals surface area (Å²) in [5, 5.41) is 24.7. The summed E-state index contributed by atoms with van der Waals surface area (Å²) in [6.07, 6.45) is 0.360. The van der Waals surface area contributed by atoms with E-state index in [-0.39, 0.29) is 28.5 Å². The molecule has 2 aromatic rings. The lowest BCUT2D eigenvalue weighted by Crippen LogP contribution is -2.19. The van der Waals surface area contributed by atoms with Gasteiger partial charge in [-0.25, -0.2) is 9.82 Å². The van der Waals surface area contributed by atoms with Crippen LogP contribution >= 0.6 is 0 Å². The maximum atomic E-state index is 14.0. The van der Waals surface area contributed by atoms with Gasteiger partial charge >= 0.3 is 0 Å². The molecule has 2 aromatic carbocycles. The Morgan fingerprint density at radius 3 is 2.88 bits per heavy atom. The van der Waals surface area contributed by atoms with Crippen LogP contribution in [0.5, 0.6) is 5.75 Å². The van der Waals surface area contributed by atoms with Crippen LogP contribution < -0.4 is 5.43 Å². The van der Waals surface area contributed by atoms with Gasteiger partial charge in [-0.2, -0.15) is 5.10 Å². The fraction of sp³-hybridized carbons (Fsp3) is 0.176. The van der Waals surface area contributed by atoms with E-state index in [0.29, 0.717) is 17.7 Å². The first-order valence-electron chi connectivity index (χ1n) is 7.51. The summed E-state index contributed by atoms with van der Waals surface area (Å²) < 4.78 is 14.0. The van der Waals surface area contributed by atoms with Crippen LogP contribution in [0, 0.1) is 15.9 Å². The number of hydrogen-bond acceptors (Lipinski definition) is 5. The van der Waals surface area contributed by atoms with Crippen LogP contribution in [0.2, 0.25) is 0 Å². The van der Waals surface area contributed by atoms with Gasteiger partial charge in [-0.15, -0.1) is 0 Å². The number of fused-ring (bicyclic) bond motifs is 1. The van der Waals surface area contributed by atoms with E-state index in [0.717, 1.165) is 6.07 Å². The predicted molar refractivity (Wildman–Crippen MR) is 88.2 cm³/mol. The number of hydrazone groups is 1. The number of non-ortho nitro benzene ring substituents is 1. The van der Waals surface area contributed by atoms with E-state index in [2.05, 4.69) is 10.5 Å². The van der Waals surface area contributed by atoms with Gasteiger partial charge in [-0.3, -0.25) is 14.9 Å². The molecule has 0 fully saturated rings. The molecule has 0 saturated heterocycles. The molecule has 0 radical (unpaired) electrons. The summed E-state index contributed by atoms with van der Waals surface area (Å²) in [5.74, 6) is -1.36. The lowest BCUT2D eigenvalue weighted by molar-refractivity contribution is -0.384. The Bertz CT molecular complexity index is 911. The molecular formula is C17H14FN3O4. The van der Waals surface area contributed by atoms with Crippen LogP contribution in [-0.4, -0.2) is 21.6 Å². The number of halogens is 1. The average molecular weight is 343 g/mol. The zero-order valence-electron chi connectivity index (χ0n) is 13.2. The number of rotatable bonds is 3. The van der Waals surface area contributed by atoms with Gasteiger partial charge in [0, 0.05) is 28.8 Å². The van der Waals surface area contributed by atoms with E-state index in [1.807, 2.05) is 0 Å². The Morgan fingerprint density at radius 2 is 2.16 bits per heavy atom. The van der Waals surface area contributed by atoms with Crippen molar-refractivity contribution in [3.05, 3.63) is 69.0 Å². The summed E-state index contributed by atoms with van der Waals surface area (Å²) in [6.45, 7) is 1.80. The molecule has 1 aliphatic rings. The first-order valence-corrected chi connectivity index (χ1v) is 7.51. The largest absolute Gasteiger partial charge is 0.507 e. The lowest BCUT2D eigenvalue weighted by atomic mass is 10.0. The molecule has 0 spiro atoms. The molecule has 128 valence electrons. The van der Waals surface area contributed by atoms with E-state index in [1.54, 1.807) is 6.92 Å². The van der Waals surface area contributed by atoms with Gasteiger partial charge in [0.2, 0.25) is 0 Å². The fourth-order valence-corrected chi connectivity index (χ4v) is 2.91. The van der Waals surface area contributed by atoms with Crippen LogP contribution in [0.25, 0.3) is 0 Å². The van der Waals surface area contributed by atoms with Gasteiger partial charge in [-0.05, 0) is 30.5 Å². The van der Waals surface area contributed by atoms with Crippen molar-refractivity contribution in [2.75, 3.05) is 0 Å². The second-order valence-electron chi connectivity index (χ2n) is 5.77. The van der Waals surface area contributed by atoms with Gasteiger partial charge in [-0.1, -0.05) is 13.0 Å². The topological polar surface area (TPSA) is 105 Å². The van der Waals surface area contributed by atoms with Gasteiger partial charge in [0.05, 0.1) is 10.6 Å². The van der Waals surface area contributed by atoms with Gasteiger partial charge < -0.3 is 5.11 Å². The number of aromatic hydroxyl groups is 1. The van der Waals surface area contributed by atoms with Gasteiger partial charge in [0.15, 0.2) is 0 Å². The number of phenolic OH excluding ortho intramolecular Hbond substituents is 1. The summed E-state index contributed by atoms with van der Waals surface area (Å²) >= 11 is 0. The second-order valence-corrected chi connectivity index (χ2v) is 5.77. The van der Waals surface area contributed by atoms with E-state index >= 15 is 0 Å². The number of carbonyl (C=O) groups excluding carboxylic acids is 1. The third-order valence-corrected chi connectivity index (χ3v) is 4.06. The molecule has 0 aromatic heterocycles. The Kier molecular flexibility index (Phi) is 4.18. The third-order valence-electron chi connectivity index (χ3n) is 4.06. The van der Waals surface area contributed by atoms with E-state index in [4.69, 9.17) is 0 Å². The quantitative estimate of drug-likeness (QED) is 0.660. The summed E-state index contributed by atoms with van der Waals surface area (Å²) in [6, 6.07) is 7.66. The highest BCUT2D eigenvalue weighted by molar-refractivity contribution is 6.08. The molecule has 0 heterocycles. The molecule has 8 heteroatoms. The Labute approximate surface area is 141 Å². The predicted octanol–water partition coefficient (Wildman–Crippen LogP) is 3.08. The van der Waals surface area contributed by atoms with Crippen molar-refractivity contribution in [1.82, 2.24) is 5.43 Å². The van der Waals surface area contributed by atoms with Crippen molar-refractivity contribution >= 4 is 17.3 Å². The number of carbonyl (C=O) groups is 1. The third kappa shape index (κ3) is 3.06. The minimum absolute atomic E-state index is 0.0771. The minimum Gasteiger partial charge on any atom is -0.507 e. The Morgan fingerprint density at radius 1 is 1.40 bits per heavy atom. The Hall–Kier alpha value is -3.29. The van der Waals surface area contributed by atoms with Crippen molar-refractivity contribution < 1.29 is 19.2 Å². The molecule has 0 saturated carbocycles. The second kappa shape index (κ2) is 6.31. The van der Waals surface area contributed by atoms with Crippen molar-refractivity contribution in [3.8, 4) is 5.75 Å². The molecule has 2 N–H and O–H groups in total. The van der Waals surface area contributed by atoms with Crippen molar-refractivity contribution in [2.45, 2.75) is 19.3 Å². The fourth-order valence-electron chi connectivity index (χ4n) is 2.91. The number of nitrogens with zero attached hydrogens (tertiary/aromatic N) is 2. The highest BCUT2D eigenvalue weighted by Gasteiger charge is 2.30. The van der Waals surface area contributed by atoms with Crippen LogP contribution in [0.3, 0.4) is 0 Å². The zero-order valence-corrected chi connectivity index (χ0v) is 13.2. The van der Waals surface area contributed by atoms with Crippen molar-refractivity contribution in [2.24, 2.45) is 5.10 Å². The van der Waals surface area contributed by atoms with Crippen LogP contribution in [-0.2, 0) is 0 Å². The number of hydrogen-bond donors (Lipinski definition) is 2. The summed E-state index contributed by atoms with van der Waals surface area (Å²) in [4.78, 5) is 22.3. The van der Waals surface area contributed by atoms with E-state index < -0.39 is 16.6 Å². The van der Waals surface area contributed by atoms with Gasteiger partial charge in [0.25, 0.3) is 11.6 Å². The average Bonchev–Trinajstić information content (AvgIpc) is 2.94.